The summed E-state index contributed by atoms with van der Waals surface area (Å²) in [5.74, 6) is 1.86. The SMILES string of the molecule is COSCCS. The number of hydrogen-bond acceptors (Lipinski definition) is 3. The highest BCUT2D eigenvalue weighted by molar-refractivity contribution is 7.95. The van der Waals surface area contributed by atoms with E-state index in [9.17, 15) is 0 Å². The van der Waals surface area contributed by atoms with Crippen LogP contribution in [0.4, 0.5) is 0 Å². The molecule has 3 heteroatoms. The molecule has 0 unspecified atom stereocenters. The van der Waals surface area contributed by atoms with Gasteiger partial charge in [0, 0.05) is 11.5 Å². The van der Waals surface area contributed by atoms with Crippen LogP contribution in [0.5, 0.6) is 0 Å². The summed E-state index contributed by atoms with van der Waals surface area (Å²) in [4.78, 5) is 0. The monoisotopic (exact) mass is 124 g/mol. The second-order valence-electron chi connectivity index (χ2n) is 0.712. The predicted octanol–water partition coefficient (Wildman–Crippen LogP) is 1.21. The number of thiol groups is 1. The van der Waals surface area contributed by atoms with Gasteiger partial charge < -0.3 is 4.18 Å². The Morgan fingerprint density at radius 2 is 2.50 bits per heavy atom. The molecule has 0 N–H and O–H groups in total. The summed E-state index contributed by atoms with van der Waals surface area (Å²) >= 11 is 5.39. The normalized spacial score (nSPS) is 9.00. The van der Waals surface area contributed by atoms with Gasteiger partial charge in [0.2, 0.25) is 0 Å². The van der Waals surface area contributed by atoms with Crippen LogP contribution in [0.25, 0.3) is 0 Å². The molecular formula is C3H8OS2. The molecule has 0 aliphatic rings. The van der Waals surface area contributed by atoms with E-state index < -0.39 is 0 Å². The molecular weight excluding hydrogens is 116 g/mol. The Kier molecular flexibility index (Phi) is 6.28. The van der Waals surface area contributed by atoms with Gasteiger partial charge in [-0.15, -0.1) is 0 Å². The van der Waals surface area contributed by atoms with Crippen LogP contribution in [0.2, 0.25) is 0 Å². The summed E-state index contributed by atoms with van der Waals surface area (Å²) in [6.07, 6.45) is 0. The fourth-order valence-corrected chi connectivity index (χ4v) is 0.585. The lowest BCUT2D eigenvalue weighted by atomic mass is 11.0. The fraction of sp³-hybridized carbons (Fsp3) is 1.00. The Balaban J connectivity index is 2.34. The second kappa shape index (κ2) is 5.66. The second-order valence-corrected chi connectivity index (χ2v) is 2.14. The van der Waals surface area contributed by atoms with Gasteiger partial charge in [0.05, 0.1) is 7.11 Å². The van der Waals surface area contributed by atoms with Gasteiger partial charge in [-0.05, 0) is 12.0 Å². The quantitative estimate of drug-likeness (QED) is 0.344. The van der Waals surface area contributed by atoms with Gasteiger partial charge in [0.25, 0.3) is 0 Å². The van der Waals surface area contributed by atoms with E-state index in [-0.39, 0.29) is 0 Å². The third-order valence-corrected chi connectivity index (χ3v) is 1.43. The van der Waals surface area contributed by atoms with Gasteiger partial charge in [-0.25, -0.2) is 0 Å². The molecule has 1 nitrogen and oxygen atoms in total. The van der Waals surface area contributed by atoms with Gasteiger partial charge in [-0.1, -0.05) is 0 Å². The highest BCUT2D eigenvalue weighted by Crippen LogP contribution is 1.97. The molecule has 6 heavy (non-hydrogen) atoms. The van der Waals surface area contributed by atoms with Crippen molar-refractivity contribution in [3.05, 3.63) is 0 Å². The molecule has 0 saturated heterocycles. The topological polar surface area (TPSA) is 9.23 Å². The summed E-state index contributed by atoms with van der Waals surface area (Å²) in [5, 5.41) is 0. The molecule has 0 amide bonds. The van der Waals surface area contributed by atoms with E-state index in [0.29, 0.717) is 0 Å². The van der Waals surface area contributed by atoms with Crippen molar-refractivity contribution in [1.29, 1.82) is 0 Å². The van der Waals surface area contributed by atoms with Crippen molar-refractivity contribution in [1.82, 2.24) is 0 Å². The van der Waals surface area contributed by atoms with Crippen LogP contribution >= 0.6 is 24.7 Å². The lowest BCUT2D eigenvalue weighted by Crippen LogP contribution is -1.76. The maximum Gasteiger partial charge on any atom is 0.0503 e. The predicted molar refractivity (Wildman–Crippen MR) is 33.3 cm³/mol. The van der Waals surface area contributed by atoms with Crippen LogP contribution in [0, 0.1) is 0 Å². The smallest absolute Gasteiger partial charge is 0.0503 e. The molecule has 0 bridgehead atoms. The van der Waals surface area contributed by atoms with E-state index in [2.05, 4.69) is 16.8 Å². The van der Waals surface area contributed by atoms with Crippen LogP contribution in [-0.2, 0) is 4.18 Å². The first-order valence-corrected chi connectivity index (χ1v) is 3.22. The molecule has 0 aliphatic heterocycles. The zero-order valence-electron chi connectivity index (χ0n) is 3.68. The van der Waals surface area contributed by atoms with Gasteiger partial charge in [0.1, 0.15) is 0 Å². The average molecular weight is 124 g/mol. The standard InChI is InChI=1S/C3H8OS2/c1-4-6-3-2-5/h5H,2-3H2,1H3. The molecule has 0 radical (unpaired) electrons. The molecule has 0 aromatic carbocycles. The van der Waals surface area contributed by atoms with E-state index in [0.717, 1.165) is 11.5 Å². The lowest BCUT2D eigenvalue weighted by molar-refractivity contribution is 0.490. The van der Waals surface area contributed by atoms with Gasteiger partial charge >= 0.3 is 0 Å². The summed E-state index contributed by atoms with van der Waals surface area (Å²) < 4.78 is 4.65. The molecule has 0 heterocycles. The van der Waals surface area contributed by atoms with E-state index in [4.69, 9.17) is 0 Å². The molecule has 0 aromatic rings. The van der Waals surface area contributed by atoms with Crippen molar-refractivity contribution < 1.29 is 4.18 Å². The minimum atomic E-state index is 0.887. The Hall–Kier alpha value is 0.660. The molecule has 0 fully saturated rings. The van der Waals surface area contributed by atoms with Crippen molar-refractivity contribution in [2.24, 2.45) is 0 Å². The highest BCUT2D eigenvalue weighted by Gasteiger charge is 1.76. The first kappa shape index (κ1) is 6.66. The van der Waals surface area contributed by atoms with Gasteiger partial charge in [-0.2, -0.15) is 12.6 Å². The molecule has 0 aromatic heterocycles. The first-order valence-electron chi connectivity index (χ1n) is 1.68. The summed E-state index contributed by atoms with van der Waals surface area (Å²) in [5.41, 5.74) is 0. The van der Waals surface area contributed by atoms with Crippen molar-refractivity contribution in [3.63, 3.8) is 0 Å². The summed E-state index contributed by atoms with van der Waals surface area (Å²) in [6.45, 7) is 0. The van der Waals surface area contributed by atoms with Gasteiger partial charge in [0.15, 0.2) is 0 Å². The number of rotatable bonds is 3. The molecule has 0 saturated carbocycles. The summed E-state index contributed by atoms with van der Waals surface area (Å²) in [7, 11) is 1.66. The van der Waals surface area contributed by atoms with Crippen LogP contribution < -0.4 is 0 Å². The first-order chi connectivity index (χ1) is 2.91. The third kappa shape index (κ3) is 4.66. The van der Waals surface area contributed by atoms with Crippen LogP contribution in [-0.4, -0.2) is 18.6 Å². The minimum absolute atomic E-state index is 0.887. The Morgan fingerprint density at radius 3 is 2.67 bits per heavy atom. The molecule has 0 aliphatic carbocycles. The molecule has 0 rings (SSSR count). The van der Waals surface area contributed by atoms with Crippen molar-refractivity contribution in [2.45, 2.75) is 0 Å². The summed E-state index contributed by atoms with van der Waals surface area (Å²) in [6, 6.07) is 0. The van der Waals surface area contributed by atoms with E-state index in [1.54, 1.807) is 7.11 Å². The van der Waals surface area contributed by atoms with Crippen molar-refractivity contribution in [3.8, 4) is 0 Å². The van der Waals surface area contributed by atoms with Crippen molar-refractivity contribution >= 4 is 24.7 Å². The van der Waals surface area contributed by atoms with Crippen molar-refractivity contribution in [2.75, 3.05) is 18.6 Å². The van der Waals surface area contributed by atoms with Crippen LogP contribution in [0.1, 0.15) is 0 Å². The van der Waals surface area contributed by atoms with E-state index in [1.165, 1.54) is 12.0 Å². The zero-order chi connectivity index (χ0) is 4.83. The minimum Gasteiger partial charge on any atom is -0.319 e. The average Bonchev–Trinajstić information content (AvgIpc) is 1.61. The highest BCUT2D eigenvalue weighted by atomic mass is 32.2. The molecule has 0 atom stereocenters. The maximum atomic E-state index is 4.65. The Morgan fingerprint density at radius 1 is 1.83 bits per heavy atom. The Bertz CT molecular complexity index is 20.8. The van der Waals surface area contributed by atoms with Crippen LogP contribution in [0.15, 0.2) is 0 Å². The largest absolute Gasteiger partial charge is 0.319 e. The number of hydrogen-bond donors (Lipinski definition) is 1. The third-order valence-electron chi connectivity index (χ3n) is 0.292. The maximum absolute atomic E-state index is 4.65. The lowest BCUT2D eigenvalue weighted by Gasteiger charge is -1.87. The van der Waals surface area contributed by atoms with E-state index in [1.807, 2.05) is 0 Å². The molecule has 0 spiro atoms. The van der Waals surface area contributed by atoms with Gasteiger partial charge in [-0.3, -0.25) is 0 Å². The Labute approximate surface area is 48.1 Å². The van der Waals surface area contributed by atoms with E-state index >= 15 is 0 Å². The fourth-order valence-electron chi connectivity index (χ4n) is 0.121. The van der Waals surface area contributed by atoms with Crippen LogP contribution in [0.3, 0.4) is 0 Å². The zero-order valence-corrected chi connectivity index (χ0v) is 5.39. The molecule has 38 valence electrons.